The predicted octanol–water partition coefficient (Wildman–Crippen LogP) is 2.89. The second-order valence-corrected chi connectivity index (χ2v) is 6.96. The molecule has 2 N–H and O–H groups in total. The topological polar surface area (TPSA) is 87.5 Å². The first-order valence-electron chi connectivity index (χ1n) is 8.32. The molecule has 1 atom stereocenters. The smallest absolute Gasteiger partial charge is 0.260 e. The molecule has 1 unspecified atom stereocenters. The van der Waals surface area contributed by atoms with Crippen LogP contribution in [0.2, 0.25) is 0 Å². The van der Waals surface area contributed by atoms with E-state index in [4.69, 9.17) is 4.42 Å². The minimum Gasteiger partial charge on any atom is -0.469 e. The Morgan fingerprint density at radius 3 is 2.85 bits per heavy atom. The fourth-order valence-corrected chi connectivity index (χ4v) is 3.80. The standard InChI is InChI=1S/C17H22N4O3S.2ClH/c1-11-14(5-7-24-11)16(23)20-17-19-12(10-25-17)8-15(22)21-6-3-4-13(21)9-18-2;;/h5,7,10,13,18H,3-4,6,8-9H2,1-2H3,(H,19,20,23);2*1H. The number of hydrogen-bond donors (Lipinski definition) is 2. The number of rotatable bonds is 6. The molecular formula is C17H24Cl2N4O3S. The number of amides is 2. The third-order valence-corrected chi connectivity index (χ3v) is 5.15. The predicted molar refractivity (Wildman–Crippen MR) is 110 cm³/mol. The van der Waals surface area contributed by atoms with Crippen LogP contribution in [0.5, 0.6) is 0 Å². The molecule has 0 spiro atoms. The number of likely N-dealkylation sites (N-methyl/N-ethyl adjacent to an activating group) is 1. The van der Waals surface area contributed by atoms with Gasteiger partial charge in [-0.3, -0.25) is 14.9 Å². The van der Waals surface area contributed by atoms with Crippen LogP contribution in [0.3, 0.4) is 0 Å². The van der Waals surface area contributed by atoms with Gasteiger partial charge in [-0.25, -0.2) is 4.98 Å². The molecule has 1 aliphatic rings. The number of aryl methyl sites for hydroxylation is 1. The summed E-state index contributed by atoms with van der Waals surface area (Å²) in [6, 6.07) is 1.89. The molecule has 27 heavy (non-hydrogen) atoms. The highest BCUT2D eigenvalue weighted by molar-refractivity contribution is 7.14. The van der Waals surface area contributed by atoms with Gasteiger partial charge in [0.15, 0.2) is 5.13 Å². The second kappa shape index (κ2) is 10.7. The first-order chi connectivity index (χ1) is 12.1. The van der Waals surface area contributed by atoms with Crippen LogP contribution in [-0.2, 0) is 11.2 Å². The average molecular weight is 435 g/mol. The molecule has 3 heterocycles. The lowest BCUT2D eigenvalue weighted by Crippen LogP contribution is -2.41. The van der Waals surface area contributed by atoms with E-state index in [0.717, 1.165) is 25.9 Å². The van der Waals surface area contributed by atoms with E-state index in [1.165, 1.54) is 17.6 Å². The highest BCUT2D eigenvalue weighted by Crippen LogP contribution is 2.21. The van der Waals surface area contributed by atoms with Crippen molar-refractivity contribution in [2.75, 3.05) is 25.5 Å². The van der Waals surface area contributed by atoms with Gasteiger partial charge in [0.05, 0.1) is 23.9 Å². The van der Waals surface area contributed by atoms with Gasteiger partial charge in [-0.1, -0.05) is 0 Å². The Bertz CT molecular complexity index is 765. The van der Waals surface area contributed by atoms with Crippen LogP contribution in [0.1, 0.15) is 34.7 Å². The summed E-state index contributed by atoms with van der Waals surface area (Å²) in [4.78, 5) is 31.0. The van der Waals surface area contributed by atoms with Crippen LogP contribution in [0.25, 0.3) is 0 Å². The number of halogens is 2. The summed E-state index contributed by atoms with van der Waals surface area (Å²) in [6.45, 7) is 3.35. The fourth-order valence-electron chi connectivity index (χ4n) is 3.10. The lowest BCUT2D eigenvalue weighted by Gasteiger charge is -2.24. The molecule has 2 aromatic rings. The summed E-state index contributed by atoms with van der Waals surface area (Å²) >= 11 is 1.32. The van der Waals surface area contributed by atoms with Crippen molar-refractivity contribution in [2.45, 2.75) is 32.2 Å². The molecule has 0 aromatic carbocycles. The number of likely N-dealkylation sites (tertiary alicyclic amines) is 1. The number of carbonyl (C=O) groups excluding carboxylic acids is 2. The van der Waals surface area contributed by atoms with Crippen LogP contribution < -0.4 is 10.6 Å². The Balaban J connectivity index is 0.00000182. The fraction of sp³-hybridized carbons (Fsp3) is 0.471. The van der Waals surface area contributed by atoms with Gasteiger partial charge >= 0.3 is 0 Å². The third kappa shape index (κ3) is 5.68. The maximum Gasteiger partial charge on any atom is 0.260 e. The number of thiazole rings is 1. The van der Waals surface area contributed by atoms with Crippen molar-refractivity contribution in [3.63, 3.8) is 0 Å². The Morgan fingerprint density at radius 1 is 1.41 bits per heavy atom. The third-order valence-electron chi connectivity index (χ3n) is 4.35. The molecule has 1 aliphatic heterocycles. The van der Waals surface area contributed by atoms with Gasteiger partial charge in [0, 0.05) is 24.5 Å². The van der Waals surface area contributed by atoms with Gasteiger partial charge in [0.2, 0.25) is 5.91 Å². The van der Waals surface area contributed by atoms with Crippen LogP contribution in [-0.4, -0.2) is 47.9 Å². The van der Waals surface area contributed by atoms with Crippen molar-refractivity contribution in [3.05, 3.63) is 34.7 Å². The summed E-state index contributed by atoms with van der Waals surface area (Å²) in [7, 11) is 1.90. The molecule has 7 nitrogen and oxygen atoms in total. The van der Waals surface area contributed by atoms with Gasteiger partial charge in [-0.15, -0.1) is 36.2 Å². The number of nitrogens with zero attached hydrogens (tertiary/aromatic N) is 2. The molecule has 2 amide bonds. The Morgan fingerprint density at radius 2 is 2.19 bits per heavy atom. The highest BCUT2D eigenvalue weighted by Gasteiger charge is 2.28. The number of anilines is 1. The molecule has 2 aromatic heterocycles. The van der Waals surface area contributed by atoms with E-state index in [0.29, 0.717) is 22.1 Å². The second-order valence-electron chi connectivity index (χ2n) is 6.11. The summed E-state index contributed by atoms with van der Waals surface area (Å²) in [5, 5.41) is 8.20. The maximum absolute atomic E-state index is 12.5. The minimum absolute atomic E-state index is 0. The van der Waals surface area contributed by atoms with Gasteiger partial charge in [0.1, 0.15) is 5.76 Å². The van der Waals surface area contributed by atoms with E-state index in [1.54, 1.807) is 13.0 Å². The normalized spacial score (nSPS) is 15.8. The molecule has 3 rings (SSSR count). The van der Waals surface area contributed by atoms with E-state index < -0.39 is 0 Å². The molecule has 150 valence electrons. The van der Waals surface area contributed by atoms with Crippen molar-refractivity contribution in [2.24, 2.45) is 0 Å². The average Bonchev–Trinajstić information content (AvgIpc) is 3.29. The number of aromatic nitrogens is 1. The highest BCUT2D eigenvalue weighted by atomic mass is 35.5. The number of nitrogens with one attached hydrogen (secondary N) is 2. The van der Waals surface area contributed by atoms with E-state index in [2.05, 4.69) is 15.6 Å². The zero-order chi connectivity index (χ0) is 17.8. The zero-order valence-corrected chi connectivity index (χ0v) is 17.6. The van der Waals surface area contributed by atoms with Crippen LogP contribution in [0.4, 0.5) is 5.13 Å². The molecule has 0 aliphatic carbocycles. The first kappa shape index (κ1) is 23.4. The lowest BCUT2D eigenvalue weighted by molar-refractivity contribution is -0.131. The van der Waals surface area contributed by atoms with Crippen LogP contribution in [0.15, 0.2) is 22.1 Å². The number of carbonyl (C=O) groups is 2. The maximum atomic E-state index is 12.5. The van der Waals surface area contributed by atoms with E-state index >= 15 is 0 Å². The lowest BCUT2D eigenvalue weighted by atomic mass is 10.2. The van der Waals surface area contributed by atoms with Crippen molar-refractivity contribution < 1.29 is 14.0 Å². The van der Waals surface area contributed by atoms with Gasteiger partial charge < -0.3 is 14.6 Å². The van der Waals surface area contributed by atoms with Crippen molar-refractivity contribution >= 4 is 53.1 Å². The van der Waals surface area contributed by atoms with Crippen LogP contribution in [0, 0.1) is 6.92 Å². The van der Waals surface area contributed by atoms with E-state index in [9.17, 15) is 9.59 Å². The van der Waals surface area contributed by atoms with Gasteiger partial charge in [-0.05, 0) is 32.9 Å². The number of hydrogen-bond acceptors (Lipinski definition) is 6. The van der Waals surface area contributed by atoms with Gasteiger partial charge in [-0.2, -0.15) is 0 Å². The summed E-state index contributed by atoms with van der Waals surface area (Å²) in [6.07, 6.45) is 3.82. The van der Waals surface area contributed by atoms with Crippen molar-refractivity contribution in [1.82, 2.24) is 15.2 Å². The van der Waals surface area contributed by atoms with E-state index in [1.807, 2.05) is 17.3 Å². The zero-order valence-electron chi connectivity index (χ0n) is 15.2. The van der Waals surface area contributed by atoms with Gasteiger partial charge in [0.25, 0.3) is 5.91 Å². The summed E-state index contributed by atoms with van der Waals surface area (Å²) < 4.78 is 5.13. The van der Waals surface area contributed by atoms with E-state index in [-0.39, 0.29) is 49.1 Å². The quantitative estimate of drug-likeness (QED) is 0.729. The molecule has 1 saturated heterocycles. The molecule has 10 heteroatoms. The Kier molecular flexibility index (Phi) is 9.25. The SMILES string of the molecule is CNCC1CCCN1C(=O)Cc1csc(NC(=O)c2ccoc2C)n1.Cl.Cl. The molecule has 1 fully saturated rings. The first-order valence-corrected chi connectivity index (χ1v) is 9.20. The molecule has 0 bridgehead atoms. The molecule has 0 saturated carbocycles. The number of furan rings is 1. The monoisotopic (exact) mass is 434 g/mol. The van der Waals surface area contributed by atoms with Crippen LogP contribution >= 0.6 is 36.2 Å². The molecular weight excluding hydrogens is 411 g/mol. The summed E-state index contributed by atoms with van der Waals surface area (Å²) in [5.41, 5.74) is 1.17. The largest absolute Gasteiger partial charge is 0.469 e. The minimum atomic E-state index is -0.257. The summed E-state index contributed by atoms with van der Waals surface area (Å²) in [5.74, 6) is 0.396. The Hall–Kier alpha value is -1.61. The van der Waals surface area contributed by atoms with Crippen molar-refractivity contribution in [1.29, 1.82) is 0 Å². The Labute approximate surface area is 174 Å². The van der Waals surface area contributed by atoms with Crippen molar-refractivity contribution in [3.8, 4) is 0 Å². The molecule has 0 radical (unpaired) electrons.